The van der Waals surface area contributed by atoms with Crippen LogP contribution in [0.2, 0.25) is 10.0 Å². The second-order valence-corrected chi connectivity index (χ2v) is 4.52. The molecule has 0 spiro atoms. The summed E-state index contributed by atoms with van der Waals surface area (Å²) in [7, 11) is 0. The van der Waals surface area contributed by atoms with E-state index in [4.69, 9.17) is 27.7 Å². The van der Waals surface area contributed by atoms with Crippen LogP contribution in [0.1, 0.15) is 12.5 Å². The monoisotopic (exact) mass is 286 g/mol. The molecule has 0 saturated carbocycles. The van der Waals surface area contributed by atoms with Crippen molar-refractivity contribution in [3.8, 4) is 0 Å². The van der Waals surface area contributed by atoms with Crippen molar-refractivity contribution < 1.29 is 14.0 Å². The molecule has 1 aromatic heterocycles. The van der Waals surface area contributed by atoms with Crippen LogP contribution in [0.25, 0.3) is 0 Å². The first-order valence-electron chi connectivity index (χ1n) is 5.12. The van der Waals surface area contributed by atoms with Gasteiger partial charge in [0.2, 0.25) is 17.7 Å². The molecule has 0 unspecified atom stereocenters. The molecule has 0 atom stereocenters. The molecule has 1 heterocycles. The third kappa shape index (κ3) is 3.21. The smallest absolute Gasteiger partial charge is 0.289 e. The molecule has 0 radical (unpaired) electrons. The van der Waals surface area contributed by atoms with Crippen LogP contribution in [0.3, 0.4) is 0 Å². The number of amides is 1. The zero-order valence-corrected chi connectivity index (χ0v) is 11.0. The molecule has 94 valence electrons. The highest BCUT2D eigenvalue weighted by atomic mass is 35.5. The van der Waals surface area contributed by atoms with Crippen molar-refractivity contribution in [1.82, 2.24) is 5.27 Å². The number of anilines is 1. The highest BCUT2D eigenvalue weighted by Crippen LogP contribution is 2.20. The maximum Gasteiger partial charge on any atom is 0.302 e. The lowest BCUT2D eigenvalue weighted by atomic mass is 10.2. The number of rotatable bonds is 3. The summed E-state index contributed by atoms with van der Waals surface area (Å²) in [5.74, 6) is 0.0652. The van der Waals surface area contributed by atoms with Gasteiger partial charge in [-0.1, -0.05) is 23.2 Å². The van der Waals surface area contributed by atoms with Gasteiger partial charge in [-0.05, 0) is 22.9 Å². The largest absolute Gasteiger partial charge is 0.302 e. The lowest BCUT2D eigenvalue weighted by molar-refractivity contribution is -0.754. The fraction of sp³-hybridized carbons (Fsp3) is 0.182. The van der Waals surface area contributed by atoms with E-state index in [2.05, 4.69) is 10.6 Å². The molecule has 1 aromatic carbocycles. The number of benzene rings is 1. The standard InChI is InChI=1S/C11H9Cl2N3O2/c1-7(17)14-11-6-16(15-18-11)5-8-2-3-9(12)4-10(8)13/h2-4,6H,5H2,1H3/p+1. The van der Waals surface area contributed by atoms with E-state index in [9.17, 15) is 4.79 Å². The van der Waals surface area contributed by atoms with Gasteiger partial charge in [0.05, 0.1) is 5.02 Å². The van der Waals surface area contributed by atoms with Crippen molar-refractivity contribution in [2.45, 2.75) is 13.5 Å². The lowest BCUT2D eigenvalue weighted by Crippen LogP contribution is -2.35. The number of aromatic nitrogens is 2. The van der Waals surface area contributed by atoms with Gasteiger partial charge in [-0.2, -0.15) is 0 Å². The van der Waals surface area contributed by atoms with E-state index in [0.717, 1.165) is 5.56 Å². The van der Waals surface area contributed by atoms with Crippen LogP contribution in [0.15, 0.2) is 28.9 Å². The van der Waals surface area contributed by atoms with E-state index in [1.807, 2.05) is 6.07 Å². The summed E-state index contributed by atoms with van der Waals surface area (Å²) in [4.78, 5) is 10.8. The zero-order valence-electron chi connectivity index (χ0n) is 9.48. The minimum atomic E-state index is -0.220. The molecule has 0 saturated heterocycles. The van der Waals surface area contributed by atoms with Crippen molar-refractivity contribution in [2.75, 3.05) is 5.32 Å². The minimum Gasteiger partial charge on any atom is -0.289 e. The minimum absolute atomic E-state index is 0.220. The average molecular weight is 287 g/mol. The molecule has 5 nitrogen and oxygen atoms in total. The Labute approximate surface area is 113 Å². The quantitative estimate of drug-likeness (QED) is 0.881. The van der Waals surface area contributed by atoms with Gasteiger partial charge in [0.15, 0.2) is 0 Å². The maximum absolute atomic E-state index is 10.8. The van der Waals surface area contributed by atoms with Gasteiger partial charge >= 0.3 is 5.88 Å². The maximum atomic E-state index is 10.8. The van der Waals surface area contributed by atoms with E-state index in [-0.39, 0.29) is 11.8 Å². The first-order chi connectivity index (χ1) is 8.54. The lowest BCUT2D eigenvalue weighted by Gasteiger charge is -1.97. The van der Waals surface area contributed by atoms with Crippen LogP contribution >= 0.6 is 23.2 Å². The Morgan fingerprint density at radius 2 is 2.28 bits per heavy atom. The van der Waals surface area contributed by atoms with Crippen LogP contribution < -0.4 is 10.00 Å². The Kier molecular flexibility index (Phi) is 3.84. The van der Waals surface area contributed by atoms with Gasteiger partial charge in [-0.3, -0.25) is 14.6 Å². The summed E-state index contributed by atoms with van der Waals surface area (Å²) in [6, 6.07) is 5.22. The zero-order chi connectivity index (χ0) is 13.1. The summed E-state index contributed by atoms with van der Waals surface area (Å²) < 4.78 is 6.45. The molecule has 7 heteroatoms. The van der Waals surface area contributed by atoms with Crippen molar-refractivity contribution >= 4 is 35.0 Å². The summed E-state index contributed by atoms with van der Waals surface area (Å²) in [6.07, 6.45) is 1.58. The van der Waals surface area contributed by atoms with Gasteiger partial charge < -0.3 is 0 Å². The van der Waals surface area contributed by atoms with Gasteiger partial charge in [-0.15, -0.1) is 0 Å². The predicted octanol–water partition coefficient (Wildman–Crippen LogP) is 2.28. The molecule has 2 rings (SSSR count). The van der Waals surface area contributed by atoms with Crippen molar-refractivity contribution in [3.05, 3.63) is 40.0 Å². The highest BCUT2D eigenvalue weighted by molar-refractivity contribution is 6.35. The number of nitrogens with zero attached hydrogens (tertiary/aromatic N) is 2. The van der Waals surface area contributed by atoms with E-state index in [1.54, 1.807) is 18.3 Å². The van der Waals surface area contributed by atoms with Crippen molar-refractivity contribution in [3.63, 3.8) is 0 Å². The Hall–Kier alpha value is -1.59. The van der Waals surface area contributed by atoms with Crippen LogP contribution in [-0.4, -0.2) is 11.2 Å². The SMILES string of the molecule is CC(=O)Nc1c[n+](Cc2ccc(Cl)cc2Cl)no1. The first-order valence-corrected chi connectivity index (χ1v) is 5.88. The number of nitrogens with one attached hydrogen (secondary N) is 1. The van der Waals surface area contributed by atoms with Crippen LogP contribution in [0, 0.1) is 0 Å². The number of hydrogen-bond donors (Lipinski definition) is 1. The molecule has 2 aromatic rings. The molecule has 1 N–H and O–H groups in total. The molecule has 0 fully saturated rings. The normalized spacial score (nSPS) is 10.4. The molecule has 1 amide bonds. The summed E-state index contributed by atoms with van der Waals surface area (Å²) in [6.45, 7) is 1.82. The van der Waals surface area contributed by atoms with Gasteiger partial charge in [-0.25, -0.2) is 0 Å². The first kappa shape index (κ1) is 12.9. The summed E-state index contributed by atoms with van der Waals surface area (Å²) in [5.41, 5.74) is 0.855. The Balaban J connectivity index is 2.13. The fourth-order valence-electron chi connectivity index (χ4n) is 1.41. The topological polar surface area (TPSA) is 59.0 Å². The van der Waals surface area contributed by atoms with E-state index >= 15 is 0 Å². The number of carbonyl (C=O) groups excluding carboxylic acids is 1. The third-order valence-corrected chi connectivity index (χ3v) is 2.74. The molecule has 0 aliphatic rings. The van der Waals surface area contributed by atoms with E-state index in [1.165, 1.54) is 11.6 Å². The molecular weight excluding hydrogens is 277 g/mol. The number of hydrogen-bond acceptors (Lipinski definition) is 3. The number of halogens is 2. The highest BCUT2D eigenvalue weighted by Gasteiger charge is 2.14. The molecular formula is C11H10Cl2N3O2+. The van der Waals surface area contributed by atoms with E-state index in [0.29, 0.717) is 16.6 Å². The molecule has 18 heavy (non-hydrogen) atoms. The van der Waals surface area contributed by atoms with Crippen molar-refractivity contribution in [2.24, 2.45) is 0 Å². The van der Waals surface area contributed by atoms with Crippen LogP contribution in [0.5, 0.6) is 0 Å². The molecule has 0 aliphatic carbocycles. The summed E-state index contributed by atoms with van der Waals surface area (Å²) in [5, 5.41) is 7.39. The van der Waals surface area contributed by atoms with Gasteiger partial charge in [0.25, 0.3) is 6.20 Å². The Bertz CT molecular complexity index is 583. The second kappa shape index (κ2) is 5.37. The fourth-order valence-corrected chi connectivity index (χ4v) is 1.87. The average Bonchev–Trinajstić information content (AvgIpc) is 2.69. The number of carbonyl (C=O) groups is 1. The second-order valence-electron chi connectivity index (χ2n) is 3.68. The molecule has 0 aliphatic heterocycles. The molecule has 0 bridgehead atoms. The predicted molar refractivity (Wildman–Crippen MR) is 66.6 cm³/mol. The van der Waals surface area contributed by atoms with Crippen LogP contribution in [-0.2, 0) is 11.3 Å². The Morgan fingerprint density at radius 3 is 2.94 bits per heavy atom. The Morgan fingerprint density at radius 1 is 1.50 bits per heavy atom. The van der Waals surface area contributed by atoms with E-state index < -0.39 is 0 Å². The van der Waals surface area contributed by atoms with Crippen LogP contribution in [0.4, 0.5) is 5.88 Å². The third-order valence-electron chi connectivity index (χ3n) is 2.16. The summed E-state index contributed by atoms with van der Waals surface area (Å²) >= 11 is 11.9. The van der Waals surface area contributed by atoms with Gasteiger partial charge in [0, 0.05) is 17.5 Å². The van der Waals surface area contributed by atoms with Crippen molar-refractivity contribution in [1.29, 1.82) is 0 Å². The van der Waals surface area contributed by atoms with Gasteiger partial charge in [0.1, 0.15) is 0 Å².